The summed E-state index contributed by atoms with van der Waals surface area (Å²) in [6, 6.07) is 0. The Kier molecular flexibility index (Phi) is 7.60. The van der Waals surface area contributed by atoms with Gasteiger partial charge < -0.3 is 35.0 Å². The number of hydrogen-bond donors (Lipinski definition) is 5. The number of aliphatic hydroxyl groups is 4. The average molecular weight is 362 g/mol. The quantitative estimate of drug-likeness (QED) is 0.362. The van der Waals surface area contributed by atoms with E-state index in [1.165, 1.54) is 0 Å². The van der Waals surface area contributed by atoms with Crippen LogP contribution in [0.5, 0.6) is 0 Å². The van der Waals surface area contributed by atoms with Crippen molar-refractivity contribution in [1.82, 2.24) is 0 Å². The zero-order chi connectivity index (χ0) is 18.6. The first-order valence-electron chi connectivity index (χ1n) is 9.05. The van der Waals surface area contributed by atoms with E-state index in [0.717, 1.165) is 25.7 Å². The van der Waals surface area contributed by atoms with Crippen LogP contribution in [0.15, 0.2) is 0 Å². The van der Waals surface area contributed by atoms with Crippen LogP contribution in [-0.4, -0.2) is 74.9 Å². The van der Waals surface area contributed by atoms with E-state index in [4.69, 9.17) is 14.6 Å². The van der Waals surface area contributed by atoms with Gasteiger partial charge in [0, 0.05) is 6.42 Å². The number of carboxylic acids is 1. The molecule has 2 fully saturated rings. The van der Waals surface area contributed by atoms with Gasteiger partial charge in [-0.1, -0.05) is 19.8 Å². The van der Waals surface area contributed by atoms with Crippen molar-refractivity contribution in [2.24, 2.45) is 11.8 Å². The van der Waals surface area contributed by atoms with Gasteiger partial charge in [0.25, 0.3) is 0 Å². The van der Waals surface area contributed by atoms with Crippen LogP contribution in [0.3, 0.4) is 0 Å². The Hall–Kier alpha value is -0.770. The molecule has 1 heterocycles. The van der Waals surface area contributed by atoms with Crippen LogP contribution in [0, 0.1) is 11.8 Å². The van der Waals surface area contributed by atoms with E-state index in [9.17, 15) is 25.2 Å². The summed E-state index contributed by atoms with van der Waals surface area (Å²) >= 11 is 0. The van der Waals surface area contributed by atoms with E-state index in [1.807, 2.05) is 6.92 Å². The predicted molar refractivity (Wildman–Crippen MR) is 86.6 cm³/mol. The largest absolute Gasteiger partial charge is 0.481 e. The molecular formula is C17H30O8. The Morgan fingerprint density at radius 3 is 2.52 bits per heavy atom. The fraction of sp³-hybridized carbons (Fsp3) is 0.941. The third-order valence-corrected chi connectivity index (χ3v) is 5.24. The van der Waals surface area contributed by atoms with Gasteiger partial charge in [0.2, 0.25) is 0 Å². The summed E-state index contributed by atoms with van der Waals surface area (Å²) in [7, 11) is 0. The Bertz CT molecular complexity index is 429. The molecule has 2 aliphatic rings. The Balaban J connectivity index is 1.74. The van der Waals surface area contributed by atoms with Crippen molar-refractivity contribution >= 4 is 5.97 Å². The molecule has 8 heteroatoms. The van der Waals surface area contributed by atoms with Crippen LogP contribution < -0.4 is 0 Å². The first-order valence-corrected chi connectivity index (χ1v) is 9.05. The molecule has 5 N–H and O–H groups in total. The van der Waals surface area contributed by atoms with Crippen molar-refractivity contribution in [2.75, 3.05) is 6.61 Å². The maximum absolute atomic E-state index is 10.7. The summed E-state index contributed by atoms with van der Waals surface area (Å²) < 4.78 is 11.1. The summed E-state index contributed by atoms with van der Waals surface area (Å²) in [5.74, 6) is 0.0229. The smallest absolute Gasteiger partial charge is 0.303 e. The number of aliphatic carboxylic acids is 1. The van der Waals surface area contributed by atoms with Gasteiger partial charge >= 0.3 is 5.97 Å². The normalized spacial score (nSPS) is 39.2. The summed E-state index contributed by atoms with van der Waals surface area (Å²) in [5.41, 5.74) is 0. The van der Waals surface area contributed by atoms with Gasteiger partial charge in [0.1, 0.15) is 24.4 Å². The van der Waals surface area contributed by atoms with Crippen LogP contribution >= 0.6 is 0 Å². The molecule has 0 amide bonds. The van der Waals surface area contributed by atoms with Crippen molar-refractivity contribution in [3.63, 3.8) is 0 Å². The molecule has 0 spiro atoms. The third kappa shape index (κ3) is 5.60. The fourth-order valence-electron chi connectivity index (χ4n) is 3.48. The van der Waals surface area contributed by atoms with Crippen LogP contribution in [0.25, 0.3) is 0 Å². The van der Waals surface area contributed by atoms with E-state index >= 15 is 0 Å². The molecule has 25 heavy (non-hydrogen) atoms. The summed E-state index contributed by atoms with van der Waals surface area (Å²) in [6.07, 6.45) is -1.97. The average Bonchev–Trinajstić information content (AvgIpc) is 3.30. The third-order valence-electron chi connectivity index (χ3n) is 5.24. The Morgan fingerprint density at radius 2 is 1.92 bits per heavy atom. The molecular weight excluding hydrogens is 332 g/mol. The van der Waals surface area contributed by atoms with Crippen LogP contribution in [-0.2, 0) is 14.3 Å². The molecule has 8 atom stereocenters. The number of carbonyl (C=O) groups is 1. The summed E-state index contributed by atoms with van der Waals surface area (Å²) in [5, 5.41) is 47.5. The second-order valence-electron chi connectivity index (χ2n) is 7.15. The lowest BCUT2D eigenvalue weighted by atomic mass is 9.99. The number of aliphatic hydroxyl groups excluding tert-OH is 4. The van der Waals surface area contributed by atoms with E-state index in [2.05, 4.69) is 0 Å². The van der Waals surface area contributed by atoms with Gasteiger partial charge in [0.15, 0.2) is 6.29 Å². The van der Waals surface area contributed by atoms with Gasteiger partial charge in [-0.2, -0.15) is 0 Å². The summed E-state index contributed by atoms with van der Waals surface area (Å²) in [4.78, 5) is 10.7. The zero-order valence-corrected chi connectivity index (χ0v) is 14.5. The van der Waals surface area contributed by atoms with Gasteiger partial charge in [-0.25, -0.2) is 0 Å². The molecule has 1 saturated carbocycles. The zero-order valence-electron chi connectivity index (χ0n) is 14.5. The maximum Gasteiger partial charge on any atom is 0.303 e. The number of carboxylic acid groups (broad SMARTS) is 1. The van der Waals surface area contributed by atoms with Gasteiger partial charge in [-0.3, -0.25) is 4.79 Å². The van der Waals surface area contributed by atoms with E-state index in [0.29, 0.717) is 18.3 Å². The first-order chi connectivity index (χ1) is 11.9. The molecule has 1 aliphatic heterocycles. The molecule has 1 saturated heterocycles. The monoisotopic (exact) mass is 362 g/mol. The topological polar surface area (TPSA) is 137 Å². The van der Waals surface area contributed by atoms with Crippen molar-refractivity contribution in [3.05, 3.63) is 0 Å². The SMILES string of the molecule is CC[C@H](CCC[C@@H]1C[C@@H]1CC(=O)O)O[C@@H]1O[C@H](CO)[C@@H](O)[C@H](O)[C@H]1O. The second kappa shape index (κ2) is 9.25. The second-order valence-corrected chi connectivity index (χ2v) is 7.15. The molecule has 0 aromatic rings. The Labute approximate surface area is 147 Å². The molecule has 0 aromatic carbocycles. The van der Waals surface area contributed by atoms with Crippen LogP contribution in [0.4, 0.5) is 0 Å². The molecule has 2 rings (SSSR count). The van der Waals surface area contributed by atoms with Crippen LogP contribution in [0.1, 0.15) is 45.4 Å². The highest BCUT2D eigenvalue weighted by Crippen LogP contribution is 2.44. The molecule has 146 valence electrons. The molecule has 0 aromatic heterocycles. The van der Waals surface area contributed by atoms with E-state index in [1.54, 1.807) is 0 Å². The number of ether oxygens (including phenoxy) is 2. The van der Waals surface area contributed by atoms with E-state index in [-0.39, 0.29) is 12.5 Å². The number of rotatable bonds is 10. The maximum atomic E-state index is 10.7. The lowest BCUT2D eigenvalue weighted by molar-refractivity contribution is -0.311. The first kappa shape index (κ1) is 20.5. The molecule has 8 nitrogen and oxygen atoms in total. The van der Waals surface area contributed by atoms with Crippen molar-refractivity contribution in [2.45, 2.75) is 82.3 Å². The van der Waals surface area contributed by atoms with Crippen LogP contribution in [0.2, 0.25) is 0 Å². The highest BCUT2D eigenvalue weighted by molar-refractivity contribution is 5.67. The number of hydrogen-bond acceptors (Lipinski definition) is 7. The van der Waals surface area contributed by atoms with Gasteiger partial charge in [-0.05, 0) is 31.1 Å². The highest BCUT2D eigenvalue weighted by Gasteiger charge is 2.44. The minimum absolute atomic E-state index is 0.182. The van der Waals surface area contributed by atoms with Gasteiger partial charge in [0.05, 0.1) is 12.7 Å². The molecule has 0 unspecified atom stereocenters. The lowest BCUT2D eigenvalue weighted by Crippen LogP contribution is -2.59. The Morgan fingerprint density at radius 1 is 1.20 bits per heavy atom. The molecule has 0 bridgehead atoms. The molecule has 0 radical (unpaired) electrons. The minimum atomic E-state index is -1.43. The van der Waals surface area contributed by atoms with Crippen molar-refractivity contribution < 1.29 is 39.8 Å². The highest BCUT2D eigenvalue weighted by atomic mass is 16.7. The fourth-order valence-corrected chi connectivity index (χ4v) is 3.48. The molecule has 1 aliphatic carbocycles. The lowest BCUT2D eigenvalue weighted by Gasteiger charge is -2.40. The van der Waals surface area contributed by atoms with E-state index < -0.39 is 43.3 Å². The van der Waals surface area contributed by atoms with Crippen molar-refractivity contribution in [3.8, 4) is 0 Å². The van der Waals surface area contributed by atoms with Gasteiger partial charge in [-0.15, -0.1) is 0 Å². The standard InChI is InChI=1S/C17H30O8/c1-2-11(5-3-4-9-6-10(9)7-13(19)20)24-17-16(23)15(22)14(21)12(8-18)25-17/h9-12,14-18,21-23H,2-8H2,1H3,(H,19,20)/t9-,10-,11-,12-,14-,15+,16-,17-/m1/s1. The van der Waals surface area contributed by atoms with Crippen molar-refractivity contribution in [1.29, 1.82) is 0 Å². The summed E-state index contributed by atoms with van der Waals surface area (Å²) in [6.45, 7) is 1.47. The minimum Gasteiger partial charge on any atom is -0.481 e. The predicted octanol–water partition coefficient (Wildman–Crippen LogP) is -0.137.